The highest BCUT2D eigenvalue weighted by molar-refractivity contribution is 8.00. The number of rotatable bonds is 5. The van der Waals surface area contributed by atoms with E-state index < -0.39 is 10.0 Å². The molecule has 1 N–H and O–H groups in total. The lowest BCUT2D eigenvalue weighted by atomic mass is 10.3. The second-order valence-corrected chi connectivity index (χ2v) is 8.94. The maximum atomic E-state index is 12.6. The highest BCUT2D eigenvalue weighted by atomic mass is 32.2. The molecule has 21 heavy (non-hydrogen) atoms. The van der Waals surface area contributed by atoms with Gasteiger partial charge in [-0.25, -0.2) is 8.42 Å². The molecule has 1 saturated heterocycles. The number of nitrogens with zero attached hydrogens (tertiary/aromatic N) is 1. The van der Waals surface area contributed by atoms with Gasteiger partial charge >= 0.3 is 0 Å². The van der Waals surface area contributed by atoms with Crippen molar-refractivity contribution in [2.75, 3.05) is 26.3 Å². The van der Waals surface area contributed by atoms with Crippen LogP contribution in [0.25, 0.3) is 0 Å². The summed E-state index contributed by atoms with van der Waals surface area (Å²) in [6, 6.07) is 6.35. The van der Waals surface area contributed by atoms with Crippen LogP contribution < -0.4 is 4.74 Å². The molecule has 1 fully saturated rings. The van der Waals surface area contributed by atoms with Crippen LogP contribution in [0.4, 0.5) is 0 Å². The highest BCUT2D eigenvalue weighted by Crippen LogP contribution is 2.29. The van der Waals surface area contributed by atoms with Gasteiger partial charge in [-0.1, -0.05) is 13.8 Å². The van der Waals surface area contributed by atoms with Crippen LogP contribution in [0.15, 0.2) is 29.2 Å². The van der Waals surface area contributed by atoms with Gasteiger partial charge in [-0.2, -0.15) is 16.1 Å². The van der Waals surface area contributed by atoms with Crippen molar-refractivity contribution in [3.8, 4) is 5.75 Å². The minimum Gasteiger partial charge on any atom is -0.491 e. The van der Waals surface area contributed by atoms with Crippen LogP contribution in [0.2, 0.25) is 0 Å². The van der Waals surface area contributed by atoms with Crippen LogP contribution in [0.5, 0.6) is 5.75 Å². The SMILES string of the molecule is CC1CN(S(=O)(=O)c2ccc(OCCO)cc2)CC(C)S1. The van der Waals surface area contributed by atoms with Crippen LogP contribution in [-0.2, 0) is 10.0 Å². The van der Waals surface area contributed by atoms with Crippen molar-refractivity contribution >= 4 is 21.8 Å². The maximum absolute atomic E-state index is 12.6. The second-order valence-electron chi connectivity index (χ2n) is 5.12. The Morgan fingerprint density at radius 3 is 2.33 bits per heavy atom. The third-order valence-corrected chi connectivity index (χ3v) is 6.28. The zero-order valence-electron chi connectivity index (χ0n) is 12.2. The van der Waals surface area contributed by atoms with Crippen LogP contribution >= 0.6 is 11.8 Å². The fraction of sp³-hybridized carbons (Fsp3) is 0.571. The molecule has 0 spiro atoms. The Hall–Kier alpha value is -0.760. The molecule has 0 aromatic heterocycles. The van der Waals surface area contributed by atoms with E-state index in [2.05, 4.69) is 13.8 Å². The lowest BCUT2D eigenvalue weighted by Gasteiger charge is -2.33. The number of aliphatic hydroxyl groups excluding tert-OH is 1. The standard InChI is InChI=1S/C14H21NO4S2/c1-11-9-15(10-12(2)20-11)21(17,18)14-5-3-13(4-6-14)19-8-7-16/h3-6,11-12,16H,7-10H2,1-2H3. The Bertz CT molecular complexity index is 549. The van der Waals surface area contributed by atoms with Gasteiger partial charge < -0.3 is 9.84 Å². The zero-order valence-corrected chi connectivity index (χ0v) is 13.9. The van der Waals surface area contributed by atoms with E-state index in [1.165, 1.54) is 0 Å². The van der Waals surface area contributed by atoms with Gasteiger partial charge in [0, 0.05) is 23.6 Å². The van der Waals surface area contributed by atoms with E-state index in [0.717, 1.165) is 0 Å². The fourth-order valence-corrected chi connectivity index (χ4v) is 5.48. The van der Waals surface area contributed by atoms with E-state index in [1.807, 2.05) is 11.8 Å². The van der Waals surface area contributed by atoms with E-state index >= 15 is 0 Å². The van der Waals surface area contributed by atoms with E-state index in [9.17, 15) is 8.42 Å². The molecule has 0 amide bonds. The van der Waals surface area contributed by atoms with Crippen molar-refractivity contribution in [1.29, 1.82) is 0 Å². The van der Waals surface area contributed by atoms with Gasteiger partial charge in [-0.15, -0.1) is 0 Å². The third kappa shape index (κ3) is 4.12. The molecular formula is C14H21NO4S2. The van der Waals surface area contributed by atoms with Crippen LogP contribution in [0.1, 0.15) is 13.8 Å². The van der Waals surface area contributed by atoms with Gasteiger partial charge in [0.2, 0.25) is 10.0 Å². The normalized spacial score (nSPS) is 24.0. The van der Waals surface area contributed by atoms with Crippen molar-refractivity contribution < 1.29 is 18.3 Å². The molecule has 118 valence electrons. The maximum Gasteiger partial charge on any atom is 0.243 e. The molecule has 1 heterocycles. The summed E-state index contributed by atoms with van der Waals surface area (Å²) in [7, 11) is -3.45. The first-order chi connectivity index (χ1) is 9.93. The Morgan fingerprint density at radius 1 is 1.24 bits per heavy atom. The predicted octanol–water partition coefficient (Wildman–Crippen LogP) is 1.57. The van der Waals surface area contributed by atoms with E-state index in [1.54, 1.807) is 28.6 Å². The molecule has 1 aromatic carbocycles. The number of sulfonamides is 1. The van der Waals surface area contributed by atoms with E-state index in [4.69, 9.17) is 9.84 Å². The van der Waals surface area contributed by atoms with E-state index in [-0.39, 0.29) is 18.1 Å². The third-order valence-electron chi connectivity index (χ3n) is 3.21. The summed E-state index contributed by atoms with van der Waals surface area (Å²) in [6.07, 6.45) is 0. The number of thioether (sulfide) groups is 1. The van der Waals surface area contributed by atoms with Gasteiger partial charge in [-0.3, -0.25) is 0 Å². The average Bonchev–Trinajstić information content (AvgIpc) is 2.44. The van der Waals surface area contributed by atoms with Crippen LogP contribution in [-0.4, -0.2) is 54.6 Å². The largest absolute Gasteiger partial charge is 0.491 e. The van der Waals surface area contributed by atoms with Crippen LogP contribution in [0.3, 0.4) is 0 Å². The van der Waals surface area contributed by atoms with Gasteiger partial charge in [0.15, 0.2) is 0 Å². The quantitative estimate of drug-likeness (QED) is 0.887. The lowest BCUT2D eigenvalue weighted by molar-refractivity contribution is 0.201. The van der Waals surface area contributed by atoms with Crippen molar-refractivity contribution in [3.63, 3.8) is 0 Å². The molecule has 1 aliphatic rings. The number of aliphatic hydroxyl groups is 1. The van der Waals surface area contributed by atoms with Gasteiger partial charge in [0.1, 0.15) is 12.4 Å². The predicted molar refractivity (Wildman–Crippen MR) is 84.3 cm³/mol. The molecule has 1 aliphatic heterocycles. The molecule has 0 aliphatic carbocycles. The topological polar surface area (TPSA) is 66.8 Å². The molecule has 0 bridgehead atoms. The fourth-order valence-electron chi connectivity index (χ4n) is 2.35. The van der Waals surface area contributed by atoms with Crippen molar-refractivity contribution in [2.24, 2.45) is 0 Å². The summed E-state index contributed by atoms with van der Waals surface area (Å²) in [5, 5.41) is 9.30. The minimum atomic E-state index is -3.45. The van der Waals surface area contributed by atoms with Crippen LogP contribution in [0, 0.1) is 0 Å². The molecule has 2 unspecified atom stereocenters. The van der Waals surface area contributed by atoms with Crippen molar-refractivity contribution in [2.45, 2.75) is 29.2 Å². The van der Waals surface area contributed by atoms with E-state index in [0.29, 0.717) is 29.3 Å². The molecule has 7 heteroatoms. The minimum absolute atomic E-state index is 0.0682. The molecule has 0 saturated carbocycles. The summed E-state index contributed by atoms with van der Waals surface area (Å²) < 4.78 is 32.1. The number of hydrogen-bond donors (Lipinski definition) is 1. The first kappa shape index (κ1) is 16.6. The van der Waals surface area contributed by atoms with Crippen molar-refractivity contribution in [3.05, 3.63) is 24.3 Å². The molecular weight excluding hydrogens is 310 g/mol. The summed E-state index contributed by atoms with van der Waals surface area (Å²) in [4.78, 5) is 0.283. The van der Waals surface area contributed by atoms with Gasteiger partial charge in [0.25, 0.3) is 0 Å². The molecule has 0 radical (unpaired) electrons. The molecule has 5 nitrogen and oxygen atoms in total. The first-order valence-electron chi connectivity index (χ1n) is 6.93. The monoisotopic (exact) mass is 331 g/mol. The zero-order chi connectivity index (χ0) is 15.5. The molecule has 2 rings (SSSR count). The Labute approximate surface area is 130 Å². The van der Waals surface area contributed by atoms with Crippen molar-refractivity contribution in [1.82, 2.24) is 4.31 Å². The number of ether oxygens (including phenoxy) is 1. The summed E-state index contributed by atoms with van der Waals surface area (Å²) in [6.45, 7) is 5.31. The molecule has 1 aromatic rings. The number of benzene rings is 1. The smallest absolute Gasteiger partial charge is 0.243 e. The Kier molecular flexibility index (Phi) is 5.54. The summed E-state index contributed by atoms with van der Waals surface area (Å²) in [5.74, 6) is 0.555. The Balaban J connectivity index is 2.15. The highest BCUT2D eigenvalue weighted by Gasteiger charge is 2.31. The van der Waals surface area contributed by atoms with Gasteiger partial charge in [0.05, 0.1) is 11.5 Å². The summed E-state index contributed by atoms with van der Waals surface area (Å²) >= 11 is 1.82. The molecule has 2 atom stereocenters. The average molecular weight is 331 g/mol. The summed E-state index contributed by atoms with van der Waals surface area (Å²) in [5.41, 5.74) is 0. The van der Waals surface area contributed by atoms with Gasteiger partial charge in [-0.05, 0) is 24.3 Å². The lowest BCUT2D eigenvalue weighted by Crippen LogP contribution is -2.43. The first-order valence-corrected chi connectivity index (χ1v) is 9.31. The second kappa shape index (κ2) is 7.00. The Morgan fingerprint density at radius 2 is 1.81 bits per heavy atom. The number of hydrogen-bond acceptors (Lipinski definition) is 5.